The van der Waals surface area contributed by atoms with Gasteiger partial charge in [-0.2, -0.15) is 5.21 Å². The van der Waals surface area contributed by atoms with E-state index in [0.29, 0.717) is 40.4 Å². The van der Waals surface area contributed by atoms with Crippen molar-refractivity contribution in [3.05, 3.63) is 117 Å². The zero-order valence-electron chi connectivity index (χ0n) is 29.3. The summed E-state index contributed by atoms with van der Waals surface area (Å²) < 4.78 is 5.57. The maximum Gasteiger partial charge on any atom is 0.248 e. The molecule has 3 heterocycles. The first-order valence-corrected chi connectivity index (χ1v) is 17.8. The number of nitrogens with two attached hydrogens (primary N) is 1. The number of rotatable bonds is 9. The number of fused-ring (bicyclic) bond motifs is 2. The molecule has 0 bridgehead atoms. The van der Waals surface area contributed by atoms with Gasteiger partial charge in [-0.05, 0) is 76.2 Å². The number of ether oxygens (including phenoxy) is 1. The van der Waals surface area contributed by atoms with Crippen molar-refractivity contribution in [2.24, 2.45) is 11.1 Å². The molecule has 13 heteroatoms. The molecule has 1 fully saturated rings. The molecule has 2 aliphatic rings. The second-order valence-corrected chi connectivity index (χ2v) is 15.6. The van der Waals surface area contributed by atoms with Crippen molar-refractivity contribution in [1.82, 2.24) is 25.9 Å². The van der Waals surface area contributed by atoms with Gasteiger partial charge in [0.15, 0.2) is 0 Å². The van der Waals surface area contributed by atoms with E-state index < -0.39 is 23.3 Å². The Morgan fingerprint density at radius 3 is 2.48 bits per heavy atom. The highest BCUT2D eigenvalue weighted by Crippen LogP contribution is 2.59. The van der Waals surface area contributed by atoms with Gasteiger partial charge in [-0.1, -0.05) is 86.4 Å². The van der Waals surface area contributed by atoms with E-state index in [-0.39, 0.29) is 22.9 Å². The van der Waals surface area contributed by atoms with Crippen molar-refractivity contribution in [3.8, 4) is 17.1 Å². The van der Waals surface area contributed by atoms with Crippen molar-refractivity contribution < 1.29 is 14.3 Å². The number of anilines is 2. The van der Waals surface area contributed by atoms with E-state index >= 15 is 0 Å². The van der Waals surface area contributed by atoms with Crippen LogP contribution in [0.15, 0.2) is 84.9 Å². The van der Waals surface area contributed by atoms with E-state index in [1.165, 1.54) is 13.2 Å². The van der Waals surface area contributed by atoms with Gasteiger partial charge in [0, 0.05) is 57.3 Å². The van der Waals surface area contributed by atoms with Crippen LogP contribution in [0.3, 0.4) is 0 Å². The lowest BCUT2D eigenvalue weighted by molar-refractivity contribution is -0.118. The van der Waals surface area contributed by atoms with E-state index in [1.54, 1.807) is 12.1 Å². The summed E-state index contributed by atoms with van der Waals surface area (Å²) in [5, 5.41) is 22.5. The van der Waals surface area contributed by atoms with Gasteiger partial charge >= 0.3 is 0 Å². The van der Waals surface area contributed by atoms with Crippen molar-refractivity contribution in [3.63, 3.8) is 0 Å². The normalized spacial score (nSPS) is 21.0. The predicted molar refractivity (Wildman–Crippen MR) is 203 cm³/mol. The second-order valence-electron chi connectivity index (χ2n) is 14.7. The molecule has 1 unspecified atom stereocenters. The molecule has 11 nitrogen and oxygen atoms in total. The number of nitrogens with one attached hydrogen (secondary N) is 3. The van der Waals surface area contributed by atoms with Crippen LogP contribution in [0.5, 0.6) is 5.75 Å². The van der Waals surface area contributed by atoms with Crippen molar-refractivity contribution in [1.29, 1.82) is 0 Å². The van der Waals surface area contributed by atoms with Gasteiger partial charge in [0.1, 0.15) is 5.75 Å². The first kappa shape index (κ1) is 35.4. The van der Waals surface area contributed by atoms with Gasteiger partial charge in [-0.15, -0.1) is 10.2 Å². The minimum atomic E-state index is -0.714. The van der Waals surface area contributed by atoms with Crippen molar-refractivity contribution >= 4 is 46.4 Å². The van der Waals surface area contributed by atoms with Crippen LogP contribution >= 0.6 is 23.2 Å². The monoisotopic (exact) mass is 738 g/mol. The molecule has 7 rings (SSSR count). The number of amides is 2. The van der Waals surface area contributed by atoms with E-state index in [2.05, 4.69) is 81.2 Å². The lowest BCUT2D eigenvalue weighted by Crippen LogP contribution is -2.48. The predicted octanol–water partition coefficient (Wildman–Crippen LogP) is 6.74. The Balaban J connectivity index is 1.34. The lowest BCUT2D eigenvalue weighted by atomic mass is 9.63. The fourth-order valence-electron chi connectivity index (χ4n) is 8.01. The van der Waals surface area contributed by atoms with Crippen LogP contribution < -0.4 is 26.0 Å². The topological polar surface area (TPSA) is 151 Å². The number of aromatic nitrogens is 4. The summed E-state index contributed by atoms with van der Waals surface area (Å²) in [6.45, 7) is 7.84. The van der Waals surface area contributed by atoms with Crippen molar-refractivity contribution in [2.75, 3.05) is 23.9 Å². The zero-order chi connectivity index (χ0) is 36.8. The largest absolute Gasteiger partial charge is 0.495 e. The van der Waals surface area contributed by atoms with Crippen LogP contribution in [0, 0.1) is 5.41 Å². The van der Waals surface area contributed by atoms with E-state index in [9.17, 15) is 9.59 Å². The number of carbonyl (C=O) groups excluding carboxylic acids is 2. The number of aromatic amines is 1. The minimum Gasteiger partial charge on any atom is -0.495 e. The summed E-state index contributed by atoms with van der Waals surface area (Å²) in [6, 6.07) is 25.8. The fraction of sp³-hybridized carbons (Fsp3) is 0.308. The summed E-state index contributed by atoms with van der Waals surface area (Å²) in [7, 11) is 1.48. The second kappa shape index (κ2) is 13.9. The van der Waals surface area contributed by atoms with Crippen LogP contribution in [0.4, 0.5) is 11.4 Å². The maximum absolute atomic E-state index is 14.7. The SMILES string of the molecule is COc1cc(C(N)=O)ccc1NC(=O)[C@@H]1NC(CC(C)(C)C)[C@@]2(CN(Cc3ccc(-c4nn[nH]n4)cc3)c3ccc(Cl)cc32)[C@H]1c1ccccc1Cl. The number of tetrazole rings is 1. The lowest BCUT2D eigenvalue weighted by Gasteiger charge is -2.40. The molecule has 268 valence electrons. The highest BCUT2D eigenvalue weighted by molar-refractivity contribution is 6.31. The molecule has 0 radical (unpaired) electrons. The number of primary amides is 1. The average molecular weight is 740 g/mol. The number of halogens is 2. The Hall–Kier alpha value is -4.97. The summed E-state index contributed by atoms with van der Waals surface area (Å²) in [5.74, 6) is -0.405. The molecule has 4 aromatic carbocycles. The van der Waals surface area contributed by atoms with Gasteiger partial charge in [-0.25, -0.2) is 0 Å². The number of methoxy groups -OCH3 is 1. The standard InChI is InChI=1S/C39H40Cl2N8O3/c1-38(2,3)19-32-39(21-49(30-16-14-25(40)18-27(30)39)20-22-9-11-23(12-10-22)36-45-47-48-46-36)33(26-7-5-6-8-28(26)41)34(44-32)37(51)43-29-15-13-24(35(42)50)17-31(29)52-4/h5-18,32-34,44H,19-21H2,1-4H3,(H2,42,50)(H,43,51)(H,45,46,47,48)/t32?,33-,34+,39-/m0/s1. The molecule has 1 aromatic heterocycles. The van der Waals surface area contributed by atoms with Gasteiger partial charge in [0.25, 0.3) is 0 Å². The molecule has 1 spiro atoms. The third-order valence-electron chi connectivity index (χ3n) is 10.2. The molecule has 2 aliphatic heterocycles. The number of carbonyl (C=O) groups is 2. The molecule has 1 saturated heterocycles. The first-order chi connectivity index (χ1) is 24.9. The van der Waals surface area contributed by atoms with Crippen LogP contribution in [-0.2, 0) is 16.8 Å². The third kappa shape index (κ3) is 6.60. The Labute approximate surface area is 312 Å². The maximum atomic E-state index is 14.7. The minimum absolute atomic E-state index is 0.105. The number of benzene rings is 4. The smallest absolute Gasteiger partial charge is 0.248 e. The molecule has 4 atom stereocenters. The van der Waals surface area contributed by atoms with Gasteiger partial charge in [-0.3, -0.25) is 9.59 Å². The number of nitrogens with zero attached hydrogens (tertiary/aromatic N) is 4. The Morgan fingerprint density at radius 2 is 1.81 bits per heavy atom. The van der Waals surface area contributed by atoms with Crippen LogP contribution in [0.25, 0.3) is 11.4 Å². The summed E-state index contributed by atoms with van der Waals surface area (Å²) in [5.41, 5.74) is 10.4. The molecule has 5 aromatic rings. The Bertz CT molecular complexity index is 2120. The van der Waals surface area contributed by atoms with Crippen LogP contribution in [-0.4, -0.2) is 58.2 Å². The van der Waals surface area contributed by atoms with Gasteiger partial charge in [0.2, 0.25) is 17.6 Å². The number of hydrogen-bond acceptors (Lipinski definition) is 8. The Morgan fingerprint density at radius 1 is 1.04 bits per heavy atom. The molecule has 52 heavy (non-hydrogen) atoms. The van der Waals surface area contributed by atoms with Crippen LogP contribution in [0.2, 0.25) is 10.0 Å². The molecule has 0 aliphatic carbocycles. The highest BCUT2D eigenvalue weighted by Gasteiger charge is 2.62. The van der Waals surface area contributed by atoms with E-state index in [1.807, 2.05) is 42.5 Å². The quantitative estimate of drug-likeness (QED) is 0.130. The van der Waals surface area contributed by atoms with E-state index in [4.69, 9.17) is 33.7 Å². The van der Waals surface area contributed by atoms with Crippen molar-refractivity contribution in [2.45, 2.75) is 57.2 Å². The molecule has 5 N–H and O–H groups in total. The molecular formula is C39H40Cl2N8O3. The number of H-pyrrole nitrogens is 1. The summed E-state index contributed by atoms with van der Waals surface area (Å²) in [4.78, 5) is 29.0. The van der Waals surface area contributed by atoms with E-state index in [0.717, 1.165) is 34.4 Å². The summed E-state index contributed by atoms with van der Waals surface area (Å²) in [6.07, 6.45) is 0.757. The zero-order valence-corrected chi connectivity index (χ0v) is 30.8. The fourth-order valence-corrected chi connectivity index (χ4v) is 8.44. The van der Waals surface area contributed by atoms with Crippen LogP contribution in [0.1, 0.15) is 60.2 Å². The molecular weight excluding hydrogens is 699 g/mol. The van der Waals surface area contributed by atoms with Gasteiger partial charge < -0.3 is 26.0 Å². The number of hydrogen-bond donors (Lipinski definition) is 4. The third-order valence-corrected chi connectivity index (χ3v) is 10.7. The molecule has 0 saturated carbocycles. The highest BCUT2D eigenvalue weighted by atomic mass is 35.5. The van der Waals surface area contributed by atoms with Gasteiger partial charge in [0.05, 0.1) is 18.8 Å². The average Bonchev–Trinajstić information content (AvgIpc) is 3.83. The molecule has 2 amide bonds. The first-order valence-electron chi connectivity index (χ1n) is 17.0. The Kier molecular flexibility index (Phi) is 9.45. The summed E-state index contributed by atoms with van der Waals surface area (Å²) >= 11 is 13.9.